The van der Waals surface area contributed by atoms with Crippen molar-refractivity contribution in [3.8, 4) is 0 Å². The van der Waals surface area contributed by atoms with Gasteiger partial charge in [-0.15, -0.1) is 0 Å². The van der Waals surface area contributed by atoms with Gasteiger partial charge in [0.25, 0.3) is 0 Å². The van der Waals surface area contributed by atoms with E-state index < -0.39 is 0 Å². The van der Waals surface area contributed by atoms with Crippen molar-refractivity contribution in [2.45, 2.75) is 25.8 Å². The van der Waals surface area contributed by atoms with Gasteiger partial charge in [-0.1, -0.05) is 37.3 Å². The zero-order valence-corrected chi connectivity index (χ0v) is 14.8. The zero-order valence-electron chi connectivity index (χ0n) is 14.8. The lowest BCUT2D eigenvalue weighted by Crippen LogP contribution is -2.47. The van der Waals surface area contributed by atoms with Crippen LogP contribution in [0.25, 0.3) is 0 Å². The fraction of sp³-hybridized carbons (Fsp3) is 0.400. The number of pyridine rings is 1. The molecule has 0 aliphatic carbocycles. The van der Waals surface area contributed by atoms with Crippen LogP contribution >= 0.6 is 0 Å². The molecule has 1 aliphatic heterocycles. The number of aliphatic imine (C=N–C) groups is 1. The highest BCUT2D eigenvalue weighted by Gasteiger charge is 2.28. The van der Waals surface area contributed by atoms with Crippen LogP contribution in [0.2, 0.25) is 0 Å². The molecule has 132 valence electrons. The van der Waals surface area contributed by atoms with Crippen molar-refractivity contribution in [2.75, 3.05) is 20.1 Å². The second-order valence-electron chi connectivity index (χ2n) is 6.56. The third-order valence-corrected chi connectivity index (χ3v) is 4.89. The molecule has 0 spiro atoms. The van der Waals surface area contributed by atoms with Crippen LogP contribution in [-0.2, 0) is 6.54 Å². The highest BCUT2D eigenvalue weighted by atomic mass is 19.1. The number of nitrogens with one attached hydrogen (secondary N) is 1. The molecule has 1 aliphatic rings. The van der Waals surface area contributed by atoms with Crippen molar-refractivity contribution in [3.63, 3.8) is 0 Å². The first-order valence-corrected chi connectivity index (χ1v) is 8.79. The van der Waals surface area contributed by atoms with Gasteiger partial charge in [0.1, 0.15) is 5.82 Å². The molecule has 0 radical (unpaired) electrons. The number of benzene rings is 1. The number of likely N-dealkylation sites (tertiary alicyclic amines) is 1. The molecular weight excluding hydrogens is 315 g/mol. The Bertz CT molecular complexity index is 717. The molecule has 1 aromatic carbocycles. The molecular formula is C20H25FN4. The first-order chi connectivity index (χ1) is 12.2. The van der Waals surface area contributed by atoms with Gasteiger partial charge in [0, 0.05) is 26.3 Å². The van der Waals surface area contributed by atoms with Crippen molar-refractivity contribution in [1.29, 1.82) is 0 Å². The van der Waals surface area contributed by atoms with E-state index in [1.165, 1.54) is 11.6 Å². The van der Waals surface area contributed by atoms with Gasteiger partial charge in [-0.25, -0.2) is 4.39 Å². The molecule has 2 unspecified atom stereocenters. The van der Waals surface area contributed by atoms with Gasteiger partial charge in [0.2, 0.25) is 0 Å². The summed E-state index contributed by atoms with van der Waals surface area (Å²) >= 11 is 0. The number of hydrogen-bond acceptors (Lipinski definition) is 2. The molecule has 4 nitrogen and oxygen atoms in total. The maximum absolute atomic E-state index is 13.7. The lowest BCUT2D eigenvalue weighted by molar-refractivity contribution is 0.234. The summed E-state index contributed by atoms with van der Waals surface area (Å²) in [5.41, 5.74) is 1.82. The number of halogens is 1. The van der Waals surface area contributed by atoms with Crippen LogP contribution in [-0.4, -0.2) is 36.0 Å². The summed E-state index contributed by atoms with van der Waals surface area (Å²) in [4.78, 5) is 10.7. The maximum Gasteiger partial charge on any atom is 0.193 e. The second kappa shape index (κ2) is 8.10. The van der Waals surface area contributed by atoms with E-state index in [9.17, 15) is 4.39 Å². The van der Waals surface area contributed by atoms with Gasteiger partial charge >= 0.3 is 0 Å². The summed E-state index contributed by atoms with van der Waals surface area (Å²) in [6, 6.07) is 13.7. The molecule has 1 saturated heterocycles. The van der Waals surface area contributed by atoms with Crippen LogP contribution in [0.15, 0.2) is 53.7 Å². The summed E-state index contributed by atoms with van der Waals surface area (Å²) in [6.45, 7) is 4.50. The van der Waals surface area contributed by atoms with E-state index in [0.717, 1.165) is 25.5 Å². The smallest absolute Gasteiger partial charge is 0.193 e. The van der Waals surface area contributed by atoms with Gasteiger partial charge in [0.15, 0.2) is 5.96 Å². The van der Waals surface area contributed by atoms with Crippen LogP contribution in [0.3, 0.4) is 0 Å². The summed E-state index contributed by atoms with van der Waals surface area (Å²) < 4.78 is 13.7. The van der Waals surface area contributed by atoms with E-state index in [2.05, 4.69) is 57.4 Å². The Labute approximate surface area is 148 Å². The Morgan fingerprint density at radius 1 is 1.28 bits per heavy atom. The van der Waals surface area contributed by atoms with E-state index in [0.29, 0.717) is 24.1 Å². The van der Waals surface area contributed by atoms with Gasteiger partial charge in [-0.05, 0) is 36.0 Å². The van der Waals surface area contributed by atoms with Gasteiger partial charge in [-0.2, -0.15) is 0 Å². The Morgan fingerprint density at radius 2 is 2.08 bits per heavy atom. The zero-order chi connectivity index (χ0) is 17.6. The van der Waals surface area contributed by atoms with Crippen molar-refractivity contribution in [3.05, 3.63) is 65.7 Å². The topological polar surface area (TPSA) is 40.5 Å². The van der Waals surface area contributed by atoms with Crippen LogP contribution in [0.5, 0.6) is 0 Å². The Morgan fingerprint density at radius 3 is 2.76 bits per heavy atom. The van der Waals surface area contributed by atoms with E-state index >= 15 is 0 Å². The van der Waals surface area contributed by atoms with Crippen LogP contribution in [0.4, 0.5) is 4.39 Å². The third kappa shape index (κ3) is 4.16. The standard InChI is InChI=1S/C20H25FN4/c1-15-14-25(12-10-17(15)16-7-4-3-5-8-16)20(22-2)24-13-19-18(21)9-6-11-23-19/h3-9,11,15,17H,10,12-14H2,1-2H3,(H,22,24). The third-order valence-electron chi connectivity index (χ3n) is 4.89. The largest absolute Gasteiger partial charge is 0.350 e. The number of hydrogen-bond donors (Lipinski definition) is 1. The average Bonchev–Trinajstić information content (AvgIpc) is 2.64. The molecule has 1 aromatic heterocycles. The van der Waals surface area contributed by atoms with Gasteiger partial charge in [0.05, 0.1) is 12.2 Å². The first kappa shape index (κ1) is 17.4. The summed E-state index contributed by atoms with van der Waals surface area (Å²) in [6.07, 6.45) is 2.69. The molecule has 2 atom stereocenters. The quantitative estimate of drug-likeness (QED) is 0.687. The molecule has 0 bridgehead atoms. The molecule has 25 heavy (non-hydrogen) atoms. The SMILES string of the molecule is CN=C(NCc1ncccc1F)N1CCC(c2ccccc2)C(C)C1. The number of guanidine groups is 1. The normalized spacial score (nSPS) is 21.2. The molecule has 1 fully saturated rings. The predicted octanol–water partition coefficient (Wildman–Crippen LogP) is 3.42. The number of nitrogens with zero attached hydrogens (tertiary/aromatic N) is 3. The predicted molar refractivity (Wildman–Crippen MR) is 98.9 cm³/mol. The first-order valence-electron chi connectivity index (χ1n) is 8.79. The van der Waals surface area contributed by atoms with Crippen LogP contribution < -0.4 is 5.32 Å². The molecule has 0 amide bonds. The van der Waals surface area contributed by atoms with E-state index in [1.807, 2.05) is 0 Å². The summed E-state index contributed by atoms with van der Waals surface area (Å²) in [5, 5.41) is 3.24. The molecule has 1 N–H and O–H groups in total. The molecule has 2 heterocycles. The Hall–Kier alpha value is -2.43. The second-order valence-corrected chi connectivity index (χ2v) is 6.56. The van der Waals surface area contributed by atoms with Crippen molar-refractivity contribution < 1.29 is 4.39 Å². The fourth-order valence-corrected chi connectivity index (χ4v) is 3.58. The number of piperidine rings is 1. The maximum atomic E-state index is 13.7. The summed E-state index contributed by atoms with van der Waals surface area (Å²) in [7, 11) is 1.77. The molecule has 2 aromatic rings. The van der Waals surface area contributed by atoms with E-state index in [4.69, 9.17) is 0 Å². The van der Waals surface area contributed by atoms with Crippen molar-refractivity contribution in [1.82, 2.24) is 15.2 Å². The average molecular weight is 340 g/mol. The molecule has 5 heteroatoms. The number of aromatic nitrogens is 1. The van der Waals surface area contributed by atoms with Gasteiger partial charge < -0.3 is 10.2 Å². The van der Waals surface area contributed by atoms with E-state index in [-0.39, 0.29) is 5.82 Å². The lowest BCUT2D eigenvalue weighted by atomic mass is 9.82. The number of rotatable bonds is 3. The van der Waals surface area contributed by atoms with Crippen molar-refractivity contribution in [2.24, 2.45) is 10.9 Å². The minimum atomic E-state index is -0.290. The van der Waals surface area contributed by atoms with Crippen LogP contribution in [0, 0.1) is 11.7 Å². The summed E-state index contributed by atoms with van der Waals surface area (Å²) in [5.74, 6) is 1.62. The van der Waals surface area contributed by atoms with E-state index in [1.54, 1.807) is 19.3 Å². The van der Waals surface area contributed by atoms with Gasteiger partial charge in [-0.3, -0.25) is 9.98 Å². The Kier molecular flexibility index (Phi) is 5.64. The molecule has 3 rings (SSSR count). The van der Waals surface area contributed by atoms with Crippen molar-refractivity contribution >= 4 is 5.96 Å². The lowest BCUT2D eigenvalue weighted by Gasteiger charge is -2.38. The monoisotopic (exact) mass is 340 g/mol. The highest BCUT2D eigenvalue weighted by molar-refractivity contribution is 5.80. The minimum absolute atomic E-state index is 0.290. The Balaban J connectivity index is 1.61. The molecule has 0 saturated carbocycles. The van der Waals surface area contributed by atoms with Crippen LogP contribution in [0.1, 0.15) is 30.5 Å². The fourth-order valence-electron chi connectivity index (χ4n) is 3.58. The minimum Gasteiger partial charge on any atom is -0.350 e. The highest BCUT2D eigenvalue weighted by Crippen LogP contribution is 2.32.